The monoisotopic (exact) mass is 373 g/mol. The Morgan fingerprint density at radius 3 is 2.89 bits per heavy atom. The molecule has 4 rings (SSSR count). The van der Waals surface area contributed by atoms with Crippen LogP contribution in [0.2, 0.25) is 0 Å². The van der Waals surface area contributed by atoms with E-state index < -0.39 is 0 Å². The van der Waals surface area contributed by atoms with E-state index >= 15 is 0 Å². The first kappa shape index (κ1) is 18.6. The molecule has 1 saturated heterocycles. The van der Waals surface area contributed by atoms with Gasteiger partial charge in [-0.05, 0) is 37.7 Å². The van der Waals surface area contributed by atoms with E-state index in [9.17, 15) is 4.79 Å². The van der Waals surface area contributed by atoms with Gasteiger partial charge < -0.3 is 19.5 Å². The molecule has 27 heavy (non-hydrogen) atoms. The summed E-state index contributed by atoms with van der Waals surface area (Å²) in [7, 11) is 0. The van der Waals surface area contributed by atoms with Crippen molar-refractivity contribution in [2.24, 2.45) is 23.2 Å². The largest absolute Gasteiger partial charge is 0.487 e. The van der Waals surface area contributed by atoms with Gasteiger partial charge in [-0.2, -0.15) is 0 Å². The number of carbonyl (C=O) groups excluding carboxylic acids is 1. The first-order valence-corrected chi connectivity index (χ1v) is 10.2. The molecule has 5 heteroatoms. The molecule has 0 aromatic heterocycles. The summed E-state index contributed by atoms with van der Waals surface area (Å²) in [5, 5.41) is 2.81. The zero-order chi connectivity index (χ0) is 19.2. The van der Waals surface area contributed by atoms with Crippen molar-refractivity contribution in [2.45, 2.75) is 52.2 Å². The fourth-order valence-electron chi connectivity index (χ4n) is 5.73. The Kier molecular flexibility index (Phi) is 4.61. The number of carbonyl (C=O) groups is 1. The van der Waals surface area contributed by atoms with Crippen LogP contribution < -0.4 is 10.1 Å². The van der Waals surface area contributed by atoms with Crippen molar-refractivity contribution in [1.29, 1.82) is 0 Å². The van der Waals surface area contributed by atoms with Crippen LogP contribution in [0.1, 0.15) is 52.2 Å². The number of rotatable bonds is 4. The van der Waals surface area contributed by atoms with Crippen molar-refractivity contribution in [1.82, 2.24) is 5.32 Å². The highest BCUT2D eigenvalue weighted by atomic mass is 16.6. The van der Waals surface area contributed by atoms with Crippen LogP contribution in [0, 0.1) is 23.2 Å². The SMILES string of the molecule is CCCNC(=O)OC[C@]12CO[C@H]3c4ccccc4O[C@](C)(C[C@H]1C)[C@@H]3[C@@H]2C. The maximum absolute atomic E-state index is 12.0. The number of para-hydroxylation sites is 1. The molecule has 2 bridgehead atoms. The molecule has 1 aromatic rings. The van der Waals surface area contributed by atoms with E-state index in [1.54, 1.807) is 0 Å². The average molecular weight is 373 g/mol. The van der Waals surface area contributed by atoms with Crippen molar-refractivity contribution in [3.05, 3.63) is 29.8 Å². The summed E-state index contributed by atoms with van der Waals surface area (Å²) in [6, 6.07) is 8.24. The van der Waals surface area contributed by atoms with Crippen molar-refractivity contribution < 1.29 is 19.0 Å². The Hall–Kier alpha value is -1.75. The lowest BCUT2D eigenvalue weighted by atomic mass is 9.50. The van der Waals surface area contributed by atoms with Crippen molar-refractivity contribution >= 4 is 6.09 Å². The Morgan fingerprint density at radius 2 is 2.11 bits per heavy atom. The molecule has 148 valence electrons. The third kappa shape index (κ3) is 2.82. The predicted molar refractivity (Wildman–Crippen MR) is 103 cm³/mol. The lowest BCUT2D eigenvalue weighted by Gasteiger charge is -2.63. The molecule has 1 aromatic carbocycles. The maximum atomic E-state index is 12.0. The summed E-state index contributed by atoms with van der Waals surface area (Å²) < 4.78 is 18.7. The lowest BCUT2D eigenvalue weighted by Crippen LogP contribution is -2.66. The van der Waals surface area contributed by atoms with Gasteiger partial charge >= 0.3 is 6.09 Å². The third-order valence-electron chi connectivity index (χ3n) is 7.26. The van der Waals surface area contributed by atoms with Crippen LogP contribution in [-0.2, 0) is 9.47 Å². The summed E-state index contributed by atoms with van der Waals surface area (Å²) in [6.45, 7) is 10.4. The van der Waals surface area contributed by atoms with Gasteiger partial charge in [0, 0.05) is 23.4 Å². The van der Waals surface area contributed by atoms with Crippen LogP contribution in [0.3, 0.4) is 0 Å². The Bertz CT molecular complexity index is 722. The number of nitrogens with one attached hydrogen (secondary N) is 1. The summed E-state index contributed by atoms with van der Waals surface area (Å²) >= 11 is 0. The molecule has 2 fully saturated rings. The van der Waals surface area contributed by atoms with Gasteiger partial charge in [-0.3, -0.25) is 0 Å². The van der Waals surface area contributed by atoms with E-state index in [0.717, 1.165) is 24.2 Å². The molecule has 1 N–H and O–H groups in total. The Balaban J connectivity index is 1.61. The molecular weight excluding hydrogens is 342 g/mol. The second-order valence-corrected chi connectivity index (χ2v) is 8.84. The van der Waals surface area contributed by atoms with E-state index in [4.69, 9.17) is 14.2 Å². The fourth-order valence-corrected chi connectivity index (χ4v) is 5.73. The van der Waals surface area contributed by atoms with Gasteiger partial charge in [-0.15, -0.1) is 0 Å². The summed E-state index contributed by atoms with van der Waals surface area (Å²) in [4.78, 5) is 12.0. The summed E-state index contributed by atoms with van der Waals surface area (Å²) in [5.41, 5.74) is 0.725. The van der Waals surface area contributed by atoms with Crippen LogP contribution in [0.25, 0.3) is 0 Å². The van der Waals surface area contributed by atoms with Gasteiger partial charge in [0.25, 0.3) is 0 Å². The van der Waals surface area contributed by atoms with Gasteiger partial charge in [0.1, 0.15) is 18.0 Å². The molecule has 0 radical (unpaired) electrons. The number of amides is 1. The average Bonchev–Trinajstić information content (AvgIpc) is 2.64. The molecular formula is C22H31NO4. The molecule has 0 spiro atoms. The van der Waals surface area contributed by atoms with E-state index in [1.165, 1.54) is 0 Å². The van der Waals surface area contributed by atoms with Crippen LogP contribution in [0.4, 0.5) is 4.79 Å². The molecule has 0 unspecified atom stereocenters. The van der Waals surface area contributed by atoms with E-state index in [-0.39, 0.29) is 29.1 Å². The molecule has 1 aliphatic carbocycles. The predicted octanol–water partition coefficient (Wildman–Crippen LogP) is 4.32. The smallest absolute Gasteiger partial charge is 0.407 e. The van der Waals surface area contributed by atoms with Crippen LogP contribution >= 0.6 is 0 Å². The highest BCUT2D eigenvalue weighted by Gasteiger charge is 2.64. The highest BCUT2D eigenvalue weighted by molar-refractivity contribution is 5.67. The van der Waals surface area contributed by atoms with Crippen molar-refractivity contribution in [3.8, 4) is 5.75 Å². The standard InChI is InChI=1S/C22H31NO4/c1-5-10-23-20(24)26-13-22-12-25-19-16-8-6-7-9-17(16)27-21(4,11-14(22)2)18(19)15(22)3/h6-9,14-15,18-19H,5,10-13H2,1-4H3,(H,23,24)/t14-,15+,18-,19+,21-,22-/m1/s1. The summed E-state index contributed by atoms with van der Waals surface area (Å²) in [5.74, 6) is 1.86. The van der Waals surface area contributed by atoms with Crippen molar-refractivity contribution in [2.75, 3.05) is 19.8 Å². The Morgan fingerprint density at radius 1 is 1.33 bits per heavy atom. The minimum Gasteiger partial charge on any atom is -0.487 e. The molecule has 5 nitrogen and oxygen atoms in total. The fraction of sp³-hybridized carbons (Fsp3) is 0.682. The normalized spacial score (nSPS) is 39.1. The van der Waals surface area contributed by atoms with E-state index in [1.807, 2.05) is 25.1 Å². The van der Waals surface area contributed by atoms with Gasteiger partial charge in [0.15, 0.2) is 0 Å². The van der Waals surface area contributed by atoms with Crippen LogP contribution in [0.15, 0.2) is 24.3 Å². The quantitative estimate of drug-likeness (QED) is 0.854. The van der Waals surface area contributed by atoms with Gasteiger partial charge in [0.2, 0.25) is 0 Å². The number of benzene rings is 1. The second kappa shape index (κ2) is 6.69. The molecule has 1 saturated carbocycles. The first-order chi connectivity index (χ1) is 12.9. The van der Waals surface area contributed by atoms with Crippen LogP contribution in [-0.4, -0.2) is 31.5 Å². The van der Waals surface area contributed by atoms with Gasteiger partial charge in [0.05, 0.1) is 12.7 Å². The maximum Gasteiger partial charge on any atom is 0.407 e. The zero-order valence-corrected chi connectivity index (χ0v) is 16.8. The van der Waals surface area contributed by atoms with E-state index in [2.05, 4.69) is 32.2 Å². The summed E-state index contributed by atoms with van der Waals surface area (Å²) in [6.07, 6.45) is 1.56. The minimum absolute atomic E-state index is 0.0458. The number of hydrogen-bond donors (Lipinski definition) is 1. The number of hydrogen-bond acceptors (Lipinski definition) is 4. The molecule has 3 aliphatic rings. The molecule has 2 aliphatic heterocycles. The Labute approximate surface area is 161 Å². The number of alkyl carbamates (subject to hydrolysis) is 1. The molecule has 2 heterocycles. The van der Waals surface area contributed by atoms with Gasteiger partial charge in [-0.25, -0.2) is 4.79 Å². The van der Waals surface area contributed by atoms with Gasteiger partial charge in [-0.1, -0.05) is 39.0 Å². The van der Waals surface area contributed by atoms with Crippen molar-refractivity contribution in [3.63, 3.8) is 0 Å². The first-order valence-electron chi connectivity index (χ1n) is 10.2. The van der Waals surface area contributed by atoms with Crippen LogP contribution in [0.5, 0.6) is 5.75 Å². The lowest BCUT2D eigenvalue weighted by molar-refractivity contribution is -0.259. The third-order valence-corrected chi connectivity index (χ3v) is 7.26. The molecule has 1 amide bonds. The number of ether oxygens (including phenoxy) is 3. The zero-order valence-electron chi connectivity index (χ0n) is 16.8. The second-order valence-electron chi connectivity index (χ2n) is 8.84. The minimum atomic E-state index is -0.327. The topological polar surface area (TPSA) is 56.8 Å². The number of fused-ring (bicyclic) bond motifs is 3. The molecule has 6 atom stereocenters. The highest BCUT2D eigenvalue weighted by Crippen LogP contribution is 2.63. The van der Waals surface area contributed by atoms with E-state index in [0.29, 0.717) is 31.6 Å².